The molecule has 10 heavy (non-hydrogen) atoms. The summed E-state index contributed by atoms with van der Waals surface area (Å²) in [6.45, 7) is 9.06. The summed E-state index contributed by atoms with van der Waals surface area (Å²) in [5.74, 6) is 1.69. The molecule has 0 radical (unpaired) electrons. The minimum Gasteiger partial charge on any atom is -0.176 e. The molecule has 0 spiro atoms. The number of thiol groups is 1. The van der Waals surface area contributed by atoms with Gasteiger partial charge in [-0.25, -0.2) is 0 Å². The molecule has 0 saturated heterocycles. The van der Waals surface area contributed by atoms with Gasteiger partial charge in [-0.3, -0.25) is 0 Å². The standard InChI is InChI=1S/C9H20S/c1-5-7(2)8(3)6-9(4)10/h7-10H,5-6H2,1-4H3. The van der Waals surface area contributed by atoms with Gasteiger partial charge in [-0.15, -0.1) is 0 Å². The summed E-state index contributed by atoms with van der Waals surface area (Å²) in [7, 11) is 0. The molecule has 0 heterocycles. The Morgan fingerprint density at radius 3 is 1.90 bits per heavy atom. The van der Waals surface area contributed by atoms with Crippen molar-refractivity contribution >= 4 is 12.6 Å². The van der Waals surface area contributed by atoms with E-state index < -0.39 is 0 Å². The van der Waals surface area contributed by atoms with Crippen LogP contribution in [0.15, 0.2) is 0 Å². The first-order valence-electron chi connectivity index (χ1n) is 4.26. The maximum absolute atomic E-state index is 4.37. The van der Waals surface area contributed by atoms with E-state index >= 15 is 0 Å². The summed E-state index contributed by atoms with van der Waals surface area (Å²) in [6.07, 6.45) is 2.54. The zero-order chi connectivity index (χ0) is 8.15. The van der Waals surface area contributed by atoms with Crippen LogP contribution in [0.4, 0.5) is 0 Å². The van der Waals surface area contributed by atoms with Crippen molar-refractivity contribution in [2.75, 3.05) is 0 Å². The Labute approximate surface area is 70.8 Å². The molecule has 0 rings (SSSR count). The highest BCUT2D eigenvalue weighted by Crippen LogP contribution is 2.21. The highest BCUT2D eigenvalue weighted by atomic mass is 32.1. The molecule has 0 bridgehead atoms. The third-order valence-corrected chi connectivity index (χ3v) is 2.54. The molecule has 0 aromatic carbocycles. The Morgan fingerprint density at radius 2 is 1.60 bits per heavy atom. The van der Waals surface area contributed by atoms with Gasteiger partial charge in [0.05, 0.1) is 0 Å². The van der Waals surface area contributed by atoms with Gasteiger partial charge in [-0.2, -0.15) is 12.6 Å². The second kappa shape index (κ2) is 5.06. The van der Waals surface area contributed by atoms with Crippen LogP contribution in [0.3, 0.4) is 0 Å². The Hall–Kier alpha value is 0.350. The molecule has 0 aliphatic rings. The van der Waals surface area contributed by atoms with Crippen molar-refractivity contribution in [3.8, 4) is 0 Å². The van der Waals surface area contributed by atoms with Gasteiger partial charge in [0.1, 0.15) is 0 Å². The second-order valence-corrected chi connectivity index (χ2v) is 4.33. The molecule has 0 amide bonds. The lowest BCUT2D eigenvalue weighted by Crippen LogP contribution is -2.10. The van der Waals surface area contributed by atoms with E-state index in [-0.39, 0.29) is 0 Å². The number of hydrogen-bond donors (Lipinski definition) is 1. The smallest absolute Gasteiger partial charge is 0.000895 e. The molecule has 1 heteroatoms. The van der Waals surface area contributed by atoms with Crippen LogP contribution in [0.5, 0.6) is 0 Å². The summed E-state index contributed by atoms with van der Waals surface area (Å²) in [6, 6.07) is 0. The van der Waals surface area contributed by atoms with Crippen LogP contribution in [0.2, 0.25) is 0 Å². The maximum Gasteiger partial charge on any atom is -0.000895 e. The fourth-order valence-corrected chi connectivity index (χ4v) is 1.51. The molecule has 0 fully saturated rings. The van der Waals surface area contributed by atoms with Crippen molar-refractivity contribution in [3.63, 3.8) is 0 Å². The average molecular weight is 160 g/mol. The topological polar surface area (TPSA) is 0 Å². The first-order valence-corrected chi connectivity index (χ1v) is 4.77. The Kier molecular flexibility index (Phi) is 5.24. The molecule has 0 nitrogen and oxygen atoms in total. The van der Waals surface area contributed by atoms with Gasteiger partial charge >= 0.3 is 0 Å². The molecule has 0 saturated carbocycles. The summed E-state index contributed by atoms with van der Waals surface area (Å²) in [5, 5.41) is 0.559. The number of rotatable bonds is 4. The minimum absolute atomic E-state index is 0.559. The van der Waals surface area contributed by atoms with Gasteiger partial charge in [-0.1, -0.05) is 34.1 Å². The van der Waals surface area contributed by atoms with E-state index in [1.807, 2.05) is 0 Å². The van der Waals surface area contributed by atoms with Crippen molar-refractivity contribution < 1.29 is 0 Å². The third-order valence-electron chi connectivity index (χ3n) is 2.33. The van der Waals surface area contributed by atoms with E-state index in [0.717, 1.165) is 11.8 Å². The fraction of sp³-hybridized carbons (Fsp3) is 1.00. The Bertz CT molecular complexity index is 78.8. The zero-order valence-electron chi connectivity index (χ0n) is 7.59. The summed E-state index contributed by atoms with van der Waals surface area (Å²) in [4.78, 5) is 0. The van der Waals surface area contributed by atoms with Crippen molar-refractivity contribution in [2.24, 2.45) is 11.8 Å². The van der Waals surface area contributed by atoms with Gasteiger partial charge < -0.3 is 0 Å². The molecule has 3 atom stereocenters. The lowest BCUT2D eigenvalue weighted by molar-refractivity contribution is 0.356. The van der Waals surface area contributed by atoms with Crippen LogP contribution in [-0.4, -0.2) is 5.25 Å². The molecule has 0 aliphatic carbocycles. The van der Waals surface area contributed by atoms with E-state index in [4.69, 9.17) is 0 Å². The average Bonchev–Trinajstić information content (AvgIpc) is 1.85. The van der Waals surface area contributed by atoms with Crippen molar-refractivity contribution in [3.05, 3.63) is 0 Å². The number of hydrogen-bond acceptors (Lipinski definition) is 1. The normalized spacial score (nSPS) is 20.1. The van der Waals surface area contributed by atoms with Gasteiger partial charge in [0.25, 0.3) is 0 Å². The lowest BCUT2D eigenvalue weighted by Gasteiger charge is -2.19. The van der Waals surface area contributed by atoms with E-state index in [0.29, 0.717) is 5.25 Å². The predicted octanol–water partition coefficient (Wildman–Crippen LogP) is 3.38. The predicted molar refractivity (Wildman–Crippen MR) is 51.7 cm³/mol. The fourth-order valence-electron chi connectivity index (χ4n) is 1.17. The van der Waals surface area contributed by atoms with E-state index in [1.54, 1.807) is 0 Å². The second-order valence-electron chi connectivity index (χ2n) is 3.45. The van der Waals surface area contributed by atoms with E-state index in [9.17, 15) is 0 Å². The van der Waals surface area contributed by atoms with Crippen molar-refractivity contribution in [1.29, 1.82) is 0 Å². The molecule has 0 N–H and O–H groups in total. The quantitative estimate of drug-likeness (QED) is 0.599. The summed E-state index contributed by atoms with van der Waals surface area (Å²) < 4.78 is 0. The van der Waals surface area contributed by atoms with Crippen LogP contribution in [-0.2, 0) is 0 Å². The van der Waals surface area contributed by atoms with Gasteiger partial charge in [0.15, 0.2) is 0 Å². The highest BCUT2D eigenvalue weighted by Gasteiger charge is 2.11. The maximum atomic E-state index is 4.37. The van der Waals surface area contributed by atoms with Crippen molar-refractivity contribution in [2.45, 2.75) is 45.8 Å². The molecular formula is C9H20S. The van der Waals surface area contributed by atoms with Gasteiger partial charge in [-0.05, 0) is 23.5 Å². The molecule has 3 unspecified atom stereocenters. The SMILES string of the molecule is CCC(C)C(C)CC(C)S. The molecule has 0 aromatic heterocycles. The van der Waals surface area contributed by atoms with Crippen LogP contribution >= 0.6 is 12.6 Å². The minimum atomic E-state index is 0.559. The molecule has 0 aliphatic heterocycles. The molecular weight excluding hydrogens is 140 g/mol. The van der Waals surface area contributed by atoms with E-state index in [1.165, 1.54) is 12.8 Å². The third kappa shape index (κ3) is 4.21. The first kappa shape index (κ1) is 10.3. The van der Waals surface area contributed by atoms with Gasteiger partial charge in [0, 0.05) is 0 Å². The van der Waals surface area contributed by atoms with Crippen LogP contribution in [0.25, 0.3) is 0 Å². The first-order chi connectivity index (χ1) is 4.57. The lowest BCUT2D eigenvalue weighted by atomic mass is 9.90. The summed E-state index contributed by atoms with van der Waals surface area (Å²) in [5.41, 5.74) is 0. The summed E-state index contributed by atoms with van der Waals surface area (Å²) >= 11 is 4.37. The Morgan fingerprint density at radius 1 is 1.10 bits per heavy atom. The van der Waals surface area contributed by atoms with Crippen LogP contribution < -0.4 is 0 Å². The monoisotopic (exact) mass is 160 g/mol. The zero-order valence-corrected chi connectivity index (χ0v) is 8.49. The highest BCUT2D eigenvalue weighted by molar-refractivity contribution is 7.80. The van der Waals surface area contributed by atoms with E-state index in [2.05, 4.69) is 40.3 Å². The largest absolute Gasteiger partial charge is 0.176 e. The van der Waals surface area contributed by atoms with Crippen LogP contribution in [0, 0.1) is 11.8 Å². The van der Waals surface area contributed by atoms with Crippen molar-refractivity contribution in [1.82, 2.24) is 0 Å². The molecule has 0 aromatic rings. The van der Waals surface area contributed by atoms with Gasteiger partial charge in [0.2, 0.25) is 0 Å². The Balaban J connectivity index is 3.50. The van der Waals surface area contributed by atoms with Crippen LogP contribution in [0.1, 0.15) is 40.5 Å². The molecule has 62 valence electrons.